The molecular weight excluding hydrogens is 426 g/mol. The van der Waals surface area contributed by atoms with E-state index in [2.05, 4.69) is 27.9 Å². The number of phenols is 1. The number of ether oxygens (including phenoxy) is 4. The number of aromatic hydroxyl groups is 1. The minimum absolute atomic E-state index is 0.127. The molecule has 0 bridgehead atoms. The second kappa shape index (κ2) is 7.46. The SMILES string of the molecule is COCOc1c(Br)c2c3c(c1OC)-c1cc(OC)c(O)cc1C[C@@H]3N(C)CC2. The monoisotopic (exact) mass is 449 g/mol. The van der Waals surface area contributed by atoms with Crippen LogP contribution < -0.4 is 14.2 Å². The van der Waals surface area contributed by atoms with Crippen LogP contribution in [0.3, 0.4) is 0 Å². The Hall–Kier alpha value is -1.96. The molecule has 0 aromatic heterocycles. The van der Waals surface area contributed by atoms with Crippen molar-refractivity contribution in [3.8, 4) is 34.1 Å². The molecule has 7 heteroatoms. The van der Waals surface area contributed by atoms with Crippen LogP contribution >= 0.6 is 15.9 Å². The summed E-state index contributed by atoms with van der Waals surface area (Å²) in [6.45, 7) is 1.07. The fraction of sp³-hybridized carbons (Fsp3) is 0.429. The van der Waals surface area contributed by atoms with E-state index in [1.807, 2.05) is 6.07 Å². The molecule has 0 saturated carbocycles. The van der Waals surface area contributed by atoms with Crippen molar-refractivity contribution < 1.29 is 24.1 Å². The van der Waals surface area contributed by atoms with E-state index in [9.17, 15) is 5.11 Å². The van der Waals surface area contributed by atoms with Crippen LogP contribution in [0.5, 0.6) is 23.0 Å². The Balaban J connectivity index is 2.06. The largest absolute Gasteiger partial charge is 0.504 e. The molecule has 2 aromatic rings. The zero-order chi connectivity index (χ0) is 20.0. The van der Waals surface area contributed by atoms with Crippen LogP contribution in [0.4, 0.5) is 0 Å². The number of hydrogen-bond donors (Lipinski definition) is 1. The van der Waals surface area contributed by atoms with Gasteiger partial charge in [-0.15, -0.1) is 0 Å². The van der Waals surface area contributed by atoms with Gasteiger partial charge in [0.05, 0.1) is 18.7 Å². The molecule has 0 radical (unpaired) electrons. The van der Waals surface area contributed by atoms with E-state index < -0.39 is 0 Å². The van der Waals surface area contributed by atoms with Crippen molar-refractivity contribution in [1.29, 1.82) is 0 Å². The average Bonchev–Trinajstić information content (AvgIpc) is 2.69. The van der Waals surface area contributed by atoms with E-state index in [-0.39, 0.29) is 18.6 Å². The van der Waals surface area contributed by atoms with E-state index in [4.69, 9.17) is 18.9 Å². The van der Waals surface area contributed by atoms with Gasteiger partial charge in [0.2, 0.25) is 0 Å². The number of nitrogens with zero attached hydrogens (tertiary/aromatic N) is 1. The van der Waals surface area contributed by atoms with Gasteiger partial charge < -0.3 is 24.1 Å². The fourth-order valence-electron chi connectivity index (χ4n) is 4.37. The summed E-state index contributed by atoms with van der Waals surface area (Å²) in [6, 6.07) is 3.90. The molecule has 150 valence electrons. The van der Waals surface area contributed by atoms with Crippen molar-refractivity contribution in [2.75, 3.05) is 41.7 Å². The normalized spacial score (nSPS) is 17.7. The summed E-state index contributed by atoms with van der Waals surface area (Å²) in [4.78, 5) is 2.36. The maximum absolute atomic E-state index is 10.3. The zero-order valence-corrected chi connectivity index (χ0v) is 18.1. The van der Waals surface area contributed by atoms with E-state index >= 15 is 0 Å². The molecule has 0 fully saturated rings. The highest BCUT2D eigenvalue weighted by Gasteiger charge is 2.38. The zero-order valence-electron chi connectivity index (χ0n) is 16.5. The summed E-state index contributed by atoms with van der Waals surface area (Å²) >= 11 is 3.76. The molecule has 1 aliphatic heterocycles. The maximum atomic E-state index is 10.3. The highest BCUT2D eigenvalue weighted by molar-refractivity contribution is 9.10. The molecule has 6 nitrogen and oxygen atoms in total. The smallest absolute Gasteiger partial charge is 0.188 e. The predicted octanol–water partition coefficient (Wildman–Crippen LogP) is 3.91. The first-order valence-corrected chi connectivity index (χ1v) is 9.95. The Morgan fingerprint density at radius 1 is 1.18 bits per heavy atom. The lowest BCUT2D eigenvalue weighted by atomic mass is 9.76. The lowest BCUT2D eigenvalue weighted by molar-refractivity contribution is 0.0484. The number of halogens is 1. The third-order valence-electron chi connectivity index (χ3n) is 5.68. The van der Waals surface area contributed by atoms with Gasteiger partial charge >= 0.3 is 0 Å². The number of rotatable bonds is 5. The number of methoxy groups -OCH3 is 3. The first-order valence-electron chi connectivity index (χ1n) is 9.16. The molecule has 2 aromatic carbocycles. The quantitative estimate of drug-likeness (QED) is 0.698. The molecule has 0 spiro atoms. The molecule has 1 aliphatic carbocycles. The van der Waals surface area contributed by atoms with Crippen molar-refractivity contribution in [1.82, 2.24) is 4.90 Å². The van der Waals surface area contributed by atoms with E-state index in [1.54, 1.807) is 27.4 Å². The number of hydrogen-bond acceptors (Lipinski definition) is 6. The second-order valence-electron chi connectivity index (χ2n) is 7.13. The van der Waals surface area contributed by atoms with Gasteiger partial charge in [0.25, 0.3) is 0 Å². The third kappa shape index (κ3) is 2.84. The van der Waals surface area contributed by atoms with Crippen molar-refractivity contribution in [3.05, 3.63) is 33.3 Å². The molecule has 1 heterocycles. The minimum atomic E-state index is 0.127. The lowest BCUT2D eigenvalue weighted by Crippen LogP contribution is -2.36. The summed E-state index contributed by atoms with van der Waals surface area (Å²) in [5.74, 6) is 1.90. The van der Waals surface area contributed by atoms with Gasteiger partial charge in [0.1, 0.15) is 0 Å². The van der Waals surface area contributed by atoms with Crippen LogP contribution in [-0.4, -0.2) is 51.7 Å². The summed E-state index contributed by atoms with van der Waals surface area (Å²) in [6.07, 6.45) is 1.73. The van der Waals surface area contributed by atoms with Crippen LogP contribution in [0.2, 0.25) is 0 Å². The Morgan fingerprint density at radius 3 is 2.64 bits per heavy atom. The molecule has 1 N–H and O–H groups in total. The van der Waals surface area contributed by atoms with Crippen LogP contribution in [0, 0.1) is 0 Å². The standard InChI is InChI=1S/C21H24BrNO5/c1-23-6-5-12-17-14(23)7-11-8-15(24)16(26-3)9-13(11)18(17)20(27-4)21(19(12)22)28-10-25-2/h8-9,14,24H,5-7,10H2,1-4H3/t14-/m0/s1. The molecule has 2 aliphatic rings. The fourth-order valence-corrected chi connectivity index (χ4v) is 5.08. The Bertz CT molecular complexity index is 930. The van der Waals surface area contributed by atoms with Gasteiger partial charge in [0.15, 0.2) is 29.8 Å². The van der Waals surface area contributed by atoms with Gasteiger partial charge in [0, 0.05) is 25.3 Å². The first-order chi connectivity index (χ1) is 13.5. The van der Waals surface area contributed by atoms with Gasteiger partial charge in [-0.2, -0.15) is 0 Å². The van der Waals surface area contributed by atoms with Gasteiger partial charge in [-0.05, 0) is 70.2 Å². The van der Waals surface area contributed by atoms with Crippen molar-refractivity contribution >= 4 is 15.9 Å². The molecule has 0 amide bonds. The second-order valence-corrected chi connectivity index (χ2v) is 7.92. The van der Waals surface area contributed by atoms with Gasteiger partial charge in [-0.3, -0.25) is 4.90 Å². The highest BCUT2D eigenvalue weighted by Crippen LogP contribution is 2.56. The van der Waals surface area contributed by atoms with Gasteiger partial charge in [-0.1, -0.05) is 0 Å². The van der Waals surface area contributed by atoms with Crippen LogP contribution in [0.15, 0.2) is 16.6 Å². The van der Waals surface area contributed by atoms with Crippen molar-refractivity contribution in [2.24, 2.45) is 0 Å². The van der Waals surface area contributed by atoms with Crippen molar-refractivity contribution in [2.45, 2.75) is 18.9 Å². The predicted molar refractivity (Wildman–Crippen MR) is 110 cm³/mol. The number of likely N-dealkylation sites (N-methyl/N-ethyl adjacent to an activating group) is 1. The third-order valence-corrected chi connectivity index (χ3v) is 6.52. The van der Waals surface area contributed by atoms with E-state index in [0.29, 0.717) is 17.2 Å². The molecule has 1 atom stereocenters. The maximum Gasteiger partial charge on any atom is 0.188 e. The molecule has 4 rings (SSSR count). The van der Waals surface area contributed by atoms with E-state index in [0.717, 1.165) is 40.5 Å². The first kappa shape index (κ1) is 19.4. The summed E-state index contributed by atoms with van der Waals surface area (Å²) in [5, 5.41) is 10.3. The van der Waals surface area contributed by atoms with Crippen LogP contribution in [-0.2, 0) is 17.6 Å². The highest BCUT2D eigenvalue weighted by atomic mass is 79.9. The van der Waals surface area contributed by atoms with Crippen molar-refractivity contribution in [3.63, 3.8) is 0 Å². The lowest BCUT2D eigenvalue weighted by Gasteiger charge is -2.41. The van der Waals surface area contributed by atoms with Crippen LogP contribution in [0.25, 0.3) is 11.1 Å². The number of phenolic OH excluding ortho intramolecular Hbond substituents is 1. The summed E-state index contributed by atoms with van der Waals surface area (Å²) in [5.41, 5.74) is 5.56. The Morgan fingerprint density at radius 2 is 1.96 bits per heavy atom. The number of fused-ring (bicyclic) bond motifs is 2. The number of benzene rings is 2. The molecule has 0 saturated heterocycles. The topological polar surface area (TPSA) is 60.4 Å². The summed E-state index contributed by atoms with van der Waals surface area (Å²) in [7, 11) is 6.94. The van der Waals surface area contributed by atoms with Crippen LogP contribution in [0.1, 0.15) is 22.7 Å². The Labute approximate surface area is 173 Å². The molecule has 28 heavy (non-hydrogen) atoms. The van der Waals surface area contributed by atoms with Gasteiger partial charge in [-0.25, -0.2) is 0 Å². The summed E-state index contributed by atoms with van der Waals surface area (Å²) < 4.78 is 23.2. The average molecular weight is 450 g/mol. The molecule has 0 unspecified atom stereocenters. The van der Waals surface area contributed by atoms with E-state index in [1.165, 1.54) is 11.1 Å². The minimum Gasteiger partial charge on any atom is -0.504 e. The molecular formula is C21H24BrNO5. The Kier molecular flexibility index (Phi) is 5.16.